The maximum Gasteiger partial charge on any atom is 0.239 e. The molecule has 6 nitrogen and oxygen atoms in total. The van der Waals surface area contributed by atoms with Gasteiger partial charge in [0.05, 0.1) is 18.2 Å². The molecule has 0 atom stereocenters. The molecule has 3 N–H and O–H groups in total. The van der Waals surface area contributed by atoms with Gasteiger partial charge in [-0.05, 0) is 18.9 Å². The van der Waals surface area contributed by atoms with Crippen molar-refractivity contribution in [1.82, 2.24) is 4.98 Å². The zero-order chi connectivity index (χ0) is 16.0. The van der Waals surface area contributed by atoms with E-state index in [2.05, 4.69) is 10.3 Å². The van der Waals surface area contributed by atoms with Crippen molar-refractivity contribution in [3.63, 3.8) is 0 Å². The van der Waals surface area contributed by atoms with E-state index >= 15 is 0 Å². The van der Waals surface area contributed by atoms with Gasteiger partial charge in [-0.25, -0.2) is 4.98 Å². The van der Waals surface area contributed by atoms with E-state index in [9.17, 15) is 4.79 Å². The number of amides is 1. The number of aromatic nitrogens is 1. The minimum Gasteiger partial charge on any atom is -0.479 e. The van der Waals surface area contributed by atoms with E-state index in [-0.39, 0.29) is 5.91 Å². The van der Waals surface area contributed by atoms with Gasteiger partial charge in [-0.3, -0.25) is 4.79 Å². The van der Waals surface area contributed by atoms with Gasteiger partial charge in [0.25, 0.3) is 0 Å². The summed E-state index contributed by atoms with van der Waals surface area (Å²) in [6.45, 7) is 4.26. The second kappa shape index (κ2) is 7.26. The highest BCUT2D eigenvalue weighted by Crippen LogP contribution is 2.35. The average molecular weight is 294 g/mol. The molecule has 0 aromatic carbocycles. The van der Waals surface area contributed by atoms with Crippen molar-refractivity contribution in [2.75, 3.05) is 38.0 Å². The number of rotatable bonds is 7. The summed E-state index contributed by atoms with van der Waals surface area (Å²) in [5.74, 6) is 0.303. The fraction of sp³-hybridized carbons (Fsp3) is 0.600. The number of anilines is 2. The quantitative estimate of drug-likeness (QED) is 0.802. The second-order valence-corrected chi connectivity index (χ2v) is 5.25. The van der Waals surface area contributed by atoms with E-state index in [1.807, 2.05) is 38.9 Å². The van der Waals surface area contributed by atoms with Crippen molar-refractivity contribution in [2.24, 2.45) is 11.1 Å². The maximum atomic E-state index is 12.7. The topological polar surface area (TPSA) is 80.5 Å². The van der Waals surface area contributed by atoms with Crippen LogP contribution in [0.1, 0.15) is 26.7 Å². The van der Waals surface area contributed by atoms with Gasteiger partial charge in [-0.15, -0.1) is 0 Å². The minimum atomic E-state index is -0.565. The van der Waals surface area contributed by atoms with Crippen molar-refractivity contribution in [3.05, 3.63) is 12.3 Å². The van der Waals surface area contributed by atoms with Crippen LogP contribution < -0.4 is 20.7 Å². The summed E-state index contributed by atoms with van der Waals surface area (Å²) >= 11 is 0. The van der Waals surface area contributed by atoms with Gasteiger partial charge in [-0.1, -0.05) is 13.8 Å². The Morgan fingerprint density at radius 1 is 1.43 bits per heavy atom. The molecule has 1 rings (SSSR count). The van der Waals surface area contributed by atoms with Gasteiger partial charge in [0.15, 0.2) is 0 Å². The van der Waals surface area contributed by atoms with Crippen LogP contribution in [0.5, 0.6) is 5.88 Å². The predicted octanol–water partition coefficient (Wildman–Crippen LogP) is 1.86. The number of nitrogens with two attached hydrogens (primary N) is 1. The minimum absolute atomic E-state index is 0.0931. The third-order valence-corrected chi connectivity index (χ3v) is 4.03. The smallest absolute Gasteiger partial charge is 0.239 e. The van der Waals surface area contributed by atoms with Crippen molar-refractivity contribution in [1.29, 1.82) is 0 Å². The van der Waals surface area contributed by atoms with Crippen LogP contribution in [-0.4, -0.2) is 38.6 Å². The van der Waals surface area contributed by atoms with Crippen LogP contribution in [0.3, 0.4) is 0 Å². The fourth-order valence-corrected chi connectivity index (χ4v) is 2.28. The molecule has 1 heterocycles. The first-order valence-corrected chi connectivity index (χ1v) is 7.17. The number of carbonyl (C=O) groups is 1. The first-order valence-electron chi connectivity index (χ1n) is 7.17. The lowest BCUT2D eigenvalue weighted by atomic mass is 9.81. The van der Waals surface area contributed by atoms with E-state index < -0.39 is 5.41 Å². The molecule has 0 saturated heterocycles. The third kappa shape index (κ3) is 3.44. The Morgan fingerprint density at radius 3 is 2.48 bits per heavy atom. The molecule has 0 unspecified atom stereocenters. The number of nitrogens with zero attached hydrogens (tertiary/aromatic N) is 2. The highest BCUT2D eigenvalue weighted by molar-refractivity contribution is 5.99. The zero-order valence-electron chi connectivity index (χ0n) is 13.6. The monoisotopic (exact) mass is 294 g/mol. The van der Waals surface area contributed by atoms with Crippen molar-refractivity contribution in [2.45, 2.75) is 26.7 Å². The Hall–Kier alpha value is -1.82. The Bertz CT molecular complexity index is 476. The molecule has 0 radical (unpaired) electrons. The van der Waals surface area contributed by atoms with Gasteiger partial charge in [0, 0.05) is 26.8 Å². The number of carbonyl (C=O) groups excluding carboxylic acids is 1. The largest absolute Gasteiger partial charge is 0.479 e. The maximum absolute atomic E-state index is 12.7. The number of methoxy groups -OCH3 is 1. The van der Waals surface area contributed by atoms with E-state index in [1.165, 1.54) is 7.11 Å². The highest BCUT2D eigenvalue weighted by Gasteiger charge is 2.34. The molecule has 0 bridgehead atoms. The van der Waals surface area contributed by atoms with Crippen molar-refractivity contribution in [3.8, 4) is 5.88 Å². The van der Waals surface area contributed by atoms with Crippen LogP contribution in [0.4, 0.5) is 11.4 Å². The van der Waals surface area contributed by atoms with E-state index in [1.54, 1.807) is 6.20 Å². The summed E-state index contributed by atoms with van der Waals surface area (Å²) in [6.07, 6.45) is 3.02. The first-order chi connectivity index (χ1) is 9.95. The molecule has 1 amide bonds. The predicted molar refractivity (Wildman–Crippen MR) is 85.8 cm³/mol. The molecule has 21 heavy (non-hydrogen) atoms. The summed E-state index contributed by atoms with van der Waals surface area (Å²) in [5.41, 5.74) is 6.69. The van der Waals surface area contributed by atoms with Crippen LogP contribution in [0, 0.1) is 5.41 Å². The Morgan fingerprint density at radius 2 is 2.05 bits per heavy atom. The molecular formula is C15H26N4O2. The Balaban J connectivity index is 3.20. The van der Waals surface area contributed by atoms with Crippen LogP contribution in [-0.2, 0) is 4.79 Å². The van der Waals surface area contributed by atoms with Crippen molar-refractivity contribution < 1.29 is 9.53 Å². The third-order valence-electron chi connectivity index (χ3n) is 4.03. The summed E-state index contributed by atoms with van der Waals surface area (Å²) in [7, 11) is 5.34. The molecule has 0 aliphatic rings. The molecule has 0 spiro atoms. The van der Waals surface area contributed by atoms with E-state index in [0.717, 1.165) is 5.69 Å². The van der Waals surface area contributed by atoms with Gasteiger partial charge in [0.1, 0.15) is 5.69 Å². The van der Waals surface area contributed by atoms with Gasteiger partial charge in [0.2, 0.25) is 11.8 Å². The molecule has 0 aliphatic carbocycles. The molecular weight excluding hydrogens is 268 g/mol. The molecule has 6 heteroatoms. The lowest BCUT2D eigenvalue weighted by molar-refractivity contribution is -0.125. The van der Waals surface area contributed by atoms with Crippen LogP contribution in [0.15, 0.2) is 12.3 Å². The van der Waals surface area contributed by atoms with Gasteiger partial charge in [-0.2, -0.15) is 0 Å². The van der Waals surface area contributed by atoms with Gasteiger partial charge >= 0.3 is 0 Å². The Labute approximate surface area is 126 Å². The number of nitrogens with one attached hydrogen (secondary N) is 1. The van der Waals surface area contributed by atoms with Crippen molar-refractivity contribution >= 4 is 17.3 Å². The molecule has 118 valence electrons. The summed E-state index contributed by atoms with van der Waals surface area (Å²) in [4.78, 5) is 18.7. The van der Waals surface area contributed by atoms with E-state index in [4.69, 9.17) is 10.5 Å². The molecule has 1 aromatic heterocycles. The summed E-state index contributed by atoms with van der Waals surface area (Å²) < 4.78 is 5.27. The normalized spacial score (nSPS) is 11.1. The lowest BCUT2D eigenvalue weighted by Gasteiger charge is -2.29. The molecule has 0 aliphatic heterocycles. The molecule has 1 aromatic rings. The summed E-state index contributed by atoms with van der Waals surface area (Å²) in [6, 6.07) is 1.83. The standard InChI is InChI=1S/C15H26N4O2/c1-6-15(7-2,10-16)14(20)18-12-11(19(3)4)8-9-17-13(12)21-5/h8-9H,6-7,10,16H2,1-5H3,(H,18,20). The van der Waals surface area contributed by atoms with Crippen LogP contribution in [0.2, 0.25) is 0 Å². The van der Waals surface area contributed by atoms with E-state index in [0.29, 0.717) is 31.0 Å². The lowest BCUT2D eigenvalue weighted by Crippen LogP contribution is -2.41. The fourth-order valence-electron chi connectivity index (χ4n) is 2.28. The van der Waals surface area contributed by atoms with Gasteiger partial charge < -0.3 is 20.7 Å². The Kier molecular flexibility index (Phi) is 5.96. The van der Waals surface area contributed by atoms with Crippen LogP contribution >= 0.6 is 0 Å². The highest BCUT2D eigenvalue weighted by atomic mass is 16.5. The molecule has 0 fully saturated rings. The number of hydrogen-bond acceptors (Lipinski definition) is 5. The molecule has 0 saturated carbocycles. The number of pyridine rings is 1. The number of hydrogen-bond donors (Lipinski definition) is 2. The first kappa shape index (κ1) is 17.2. The summed E-state index contributed by atoms with van der Waals surface area (Å²) in [5, 5.41) is 2.96. The second-order valence-electron chi connectivity index (χ2n) is 5.25. The number of ether oxygens (including phenoxy) is 1. The average Bonchev–Trinajstić information content (AvgIpc) is 2.49. The van der Waals surface area contributed by atoms with Crippen LogP contribution in [0.25, 0.3) is 0 Å². The zero-order valence-corrected chi connectivity index (χ0v) is 13.6. The SMILES string of the molecule is CCC(CC)(CN)C(=O)Nc1c(N(C)C)ccnc1OC.